The van der Waals surface area contributed by atoms with Gasteiger partial charge in [-0.05, 0) is 89.9 Å². The summed E-state index contributed by atoms with van der Waals surface area (Å²) in [6.45, 7) is 6.29. The average molecular weight is 819 g/mol. The predicted octanol–water partition coefficient (Wildman–Crippen LogP) is 15.4. The molecule has 0 aliphatic heterocycles. The summed E-state index contributed by atoms with van der Waals surface area (Å²) in [6.07, 6.45) is 61.2. The van der Waals surface area contributed by atoms with E-state index in [-0.39, 0.29) is 37.5 Å². The van der Waals surface area contributed by atoms with Crippen LogP contribution in [-0.2, 0) is 28.6 Å². The van der Waals surface area contributed by atoms with Gasteiger partial charge in [0, 0.05) is 19.3 Å². The zero-order valence-corrected chi connectivity index (χ0v) is 38.0. The number of carbonyl (C=O) groups excluding carboxylic acids is 3. The quantitative estimate of drug-likeness (QED) is 0.0265. The smallest absolute Gasteiger partial charge is 0.306 e. The highest BCUT2D eigenvalue weighted by Gasteiger charge is 2.19. The Bertz CT molecular complexity index is 1220. The lowest BCUT2D eigenvalue weighted by Gasteiger charge is -2.18. The van der Waals surface area contributed by atoms with Gasteiger partial charge in [0.05, 0.1) is 0 Å². The summed E-state index contributed by atoms with van der Waals surface area (Å²) in [5.74, 6) is -0.985. The Hall–Kier alpha value is -3.67. The average Bonchev–Trinajstić information content (AvgIpc) is 3.23. The van der Waals surface area contributed by atoms with Gasteiger partial charge in [0.15, 0.2) is 6.10 Å². The molecule has 0 bridgehead atoms. The third-order valence-corrected chi connectivity index (χ3v) is 9.58. The number of allylic oxidation sites excluding steroid dienone is 16. The Morgan fingerprint density at radius 3 is 1.10 bits per heavy atom. The molecule has 0 heterocycles. The predicted molar refractivity (Wildman–Crippen MR) is 251 cm³/mol. The van der Waals surface area contributed by atoms with Gasteiger partial charge in [-0.1, -0.05) is 189 Å². The molecule has 0 fully saturated rings. The third kappa shape index (κ3) is 45.3. The lowest BCUT2D eigenvalue weighted by atomic mass is 10.1. The van der Waals surface area contributed by atoms with Crippen LogP contribution in [0.3, 0.4) is 0 Å². The van der Waals surface area contributed by atoms with Gasteiger partial charge < -0.3 is 14.2 Å². The van der Waals surface area contributed by atoms with Crippen LogP contribution in [0.4, 0.5) is 0 Å². The first-order valence-corrected chi connectivity index (χ1v) is 23.7. The highest BCUT2D eigenvalue weighted by molar-refractivity contribution is 5.71. The molecular weight excluding hydrogens is 733 g/mol. The van der Waals surface area contributed by atoms with E-state index < -0.39 is 6.10 Å². The molecular formula is C53H86O6. The fourth-order valence-corrected chi connectivity index (χ4v) is 6.08. The monoisotopic (exact) mass is 819 g/mol. The minimum atomic E-state index is -0.802. The van der Waals surface area contributed by atoms with Crippen molar-refractivity contribution in [3.8, 4) is 0 Å². The van der Waals surface area contributed by atoms with E-state index in [1.165, 1.54) is 51.4 Å². The molecule has 6 heteroatoms. The molecule has 0 saturated carbocycles. The molecule has 0 aromatic heterocycles. The van der Waals surface area contributed by atoms with Crippen LogP contribution in [0.2, 0.25) is 0 Å². The van der Waals surface area contributed by atoms with Gasteiger partial charge in [-0.3, -0.25) is 14.4 Å². The van der Waals surface area contributed by atoms with Crippen LogP contribution in [0.25, 0.3) is 0 Å². The van der Waals surface area contributed by atoms with Gasteiger partial charge in [-0.15, -0.1) is 0 Å². The second kappa shape index (κ2) is 47.0. The molecule has 0 radical (unpaired) electrons. The van der Waals surface area contributed by atoms with E-state index in [0.29, 0.717) is 19.3 Å². The Labute approximate surface area is 362 Å². The van der Waals surface area contributed by atoms with E-state index in [1.54, 1.807) is 0 Å². The van der Waals surface area contributed by atoms with E-state index in [9.17, 15) is 14.4 Å². The van der Waals surface area contributed by atoms with Gasteiger partial charge in [0.25, 0.3) is 0 Å². The molecule has 59 heavy (non-hydrogen) atoms. The maximum Gasteiger partial charge on any atom is 0.306 e. The zero-order chi connectivity index (χ0) is 43.0. The van der Waals surface area contributed by atoms with Crippen LogP contribution in [0.5, 0.6) is 0 Å². The lowest BCUT2D eigenvalue weighted by Crippen LogP contribution is -2.30. The number of rotatable bonds is 41. The van der Waals surface area contributed by atoms with Crippen molar-refractivity contribution in [3.05, 3.63) is 97.2 Å². The highest BCUT2D eigenvalue weighted by Crippen LogP contribution is 2.13. The Kier molecular flexibility index (Phi) is 44.1. The van der Waals surface area contributed by atoms with Gasteiger partial charge >= 0.3 is 17.9 Å². The number of unbranched alkanes of at least 4 members (excludes halogenated alkanes) is 14. The van der Waals surface area contributed by atoms with Crippen LogP contribution >= 0.6 is 0 Å². The maximum atomic E-state index is 12.7. The summed E-state index contributed by atoms with van der Waals surface area (Å²) in [5, 5.41) is 0. The first-order chi connectivity index (χ1) is 29.0. The third-order valence-electron chi connectivity index (χ3n) is 9.58. The largest absolute Gasteiger partial charge is 0.462 e. The molecule has 0 aromatic carbocycles. The molecule has 0 N–H and O–H groups in total. The molecule has 1 unspecified atom stereocenters. The number of hydrogen-bond acceptors (Lipinski definition) is 6. The fraction of sp³-hybridized carbons (Fsp3) is 0.642. The molecule has 0 amide bonds. The van der Waals surface area contributed by atoms with Crippen LogP contribution in [-0.4, -0.2) is 37.2 Å². The van der Waals surface area contributed by atoms with Crippen molar-refractivity contribution in [2.45, 2.75) is 207 Å². The SMILES string of the molecule is CC/C=C\C/C=C\C/C=C\C/C=C\C/C=C\CCCC(=O)OCC(COC(=O)CCCCCCCCC)OC(=O)CCCCCCCCC/C=C\C/C=C\C/C=C\CC. The molecule has 6 nitrogen and oxygen atoms in total. The van der Waals surface area contributed by atoms with Crippen molar-refractivity contribution < 1.29 is 28.6 Å². The van der Waals surface area contributed by atoms with Crippen LogP contribution < -0.4 is 0 Å². The normalized spacial score (nSPS) is 12.9. The summed E-state index contributed by atoms with van der Waals surface area (Å²) in [7, 11) is 0. The van der Waals surface area contributed by atoms with Crippen molar-refractivity contribution in [1.82, 2.24) is 0 Å². The van der Waals surface area contributed by atoms with Crippen LogP contribution in [0, 0.1) is 0 Å². The molecule has 0 aliphatic rings. The zero-order valence-electron chi connectivity index (χ0n) is 38.0. The Morgan fingerprint density at radius 1 is 0.356 bits per heavy atom. The minimum Gasteiger partial charge on any atom is -0.462 e. The Balaban J connectivity index is 4.42. The first-order valence-electron chi connectivity index (χ1n) is 23.7. The molecule has 0 saturated heterocycles. The highest BCUT2D eigenvalue weighted by atomic mass is 16.6. The topological polar surface area (TPSA) is 78.9 Å². The summed E-state index contributed by atoms with van der Waals surface area (Å²) in [5.41, 5.74) is 0. The molecule has 0 rings (SSSR count). The van der Waals surface area contributed by atoms with E-state index in [1.807, 2.05) is 0 Å². The summed E-state index contributed by atoms with van der Waals surface area (Å²) in [6, 6.07) is 0. The number of hydrogen-bond donors (Lipinski definition) is 0. The summed E-state index contributed by atoms with van der Waals surface area (Å²) < 4.78 is 16.6. The first kappa shape index (κ1) is 55.3. The molecule has 0 aliphatic carbocycles. The summed E-state index contributed by atoms with van der Waals surface area (Å²) >= 11 is 0. The van der Waals surface area contributed by atoms with Crippen molar-refractivity contribution in [2.75, 3.05) is 13.2 Å². The standard InChI is InChI=1S/C53H86O6/c1-4-7-10-13-16-18-20-22-24-26-28-30-32-34-37-40-43-46-52(55)58-49-50(48-57-51(54)45-42-39-36-15-12-9-6-3)59-53(56)47-44-41-38-35-33-31-29-27-25-23-21-19-17-14-11-8-5-2/h7-8,10-11,16-19,22-25,28,30,34,37,50H,4-6,9,12-15,20-21,26-27,29,31-33,35-36,38-49H2,1-3H3/b10-7-,11-8-,18-16-,19-17-,24-22-,25-23-,30-28-,37-34-. The minimum absolute atomic E-state index is 0.100. The second-order valence-electron chi connectivity index (χ2n) is 15.3. The molecule has 1 atom stereocenters. The van der Waals surface area contributed by atoms with Gasteiger partial charge in [0.1, 0.15) is 13.2 Å². The van der Waals surface area contributed by atoms with Crippen molar-refractivity contribution in [1.29, 1.82) is 0 Å². The van der Waals surface area contributed by atoms with E-state index in [4.69, 9.17) is 14.2 Å². The van der Waals surface area contributed by atoms with E-state index >= 15 is 0 Å². The molecule has 0 spiro atoms. The fourth-order valence-electron chi connectivity index (χ4n) is 6.08. The summed E-state index contributed by atoms with van der Waals surface area (Å²) in [4.78, 5) is 37.7. The van der Waals surface area contributed by atoms with Crippen LogP contribution in [0.15, 0.2) is 97.2 Å². The number of ether oxygens (including phenoxy) is 3. The van der Waals surface area contributed by atoms with E-state index in [0.717, 1.165) is 103 Å². The lowest BCUT2D eigenvalue weighted by molar-refractivity contribution is -0.167. The Morgan fingerprint density at radius 2 is 0.678 bits per heavy atom. The van der Waals surface area contributed by atoms with Crippen molar-refractivity contribution >= 4 is 17.9 Å². The van der Waals surface area contributed by atoms with Crippen molar-refractivity contribution in [2.24, 2.45) is 0 Å². The van der Waals surface area contributed by atoms with Gasteiger partial charge in [-0.2, -0.15) is 0 Å². The number of esters is 3. The molecule has 334 valence electrons. The van der Waals surface area contributed by atoms with Crippen LogP contribution in [0.1, 0.15) is 201 Å². The van der Waals surface area contributed by atoms with Crippen molar-refractivity contribution in [3.63, 3.8) is 0 Å². The second-order valence-corrected chi connectivity index (χ2v) is 15.3. The van der Waals surface area contributed by atoms with Gasteiger partial charge in [0.2, 0.25) is 0 Å². The van der Waals surface area contributed by atoms with E-state index in [2.05, 4.69) is 118 Å². The maximum absolute atomic E-state index is 12.7. The number of carbonyl (C=O) groups is 3. The molecule has 0 aromatic rings. The van der Waals surface area contributed by atoms with Gasteiger partial charge in [-0.25, -0.2) is 0 Å².